The molecule has 3 aromatic rings. The number of anilines is 1. The van der Waals surface area contributed by atoms with Crippen LogP contribution in [0.1, 0.15) is 0 Å². The topological polar surface area (TPSA) is 72.3 Å². The number of hydrogen-bond acceptors (Lipinski definition) is 5. The average molecular weight is 435 g/mol. The van der Waals surface area contributed by atoms with Gasteiger partial charge in [0.15, 0.2) is 5.82 Å². The first kappa shape index (κ1) is 20.1. The smallest absolute Gasteiger partial charge is 0.406 e. The van der Waals surface area contributed by atoms with Gasteiger partial charge in [-0.1, -0.05) is 0 Å². The number of rotatable bonds is 4. The van der Waals surface area contributed by atoms with Crippen molar-refractivity contribution in [3.63, 3.8) is 0 Å². The van der Waals surface area contributed by atoms with E-state index >= 15 is 0 Å². The average Bonchev–Trinajstić information content (AvgIpc) is 3.40. The van der Waals surface area contributed by atoms with Crippen molar-refractivity contribution in [1.29, 1.82) is 0 Å². The standard InChI is InChI=1S/C19H16F3N5O2S/c20-19(21,22)29-16-7-5-15(6-8-16)27-11-23-17(25-27)13-1-3-14(4-2-13)24-18(28)26-9-10-30-12-26/h1-8,11H,9-10,12H2,(H,24,28). The monoisotopic (exact) mass is 435 g/mol. The van der Waals surface area contributed by atoms with Crippen molar-refractivity contribution in [2.24, 2.45) is 0 Å². The third-order valence-corrected chi connectivity index (χ3v) is 5.23. The van der Waals surface area contributed by atoms with Crippen LogP contribution in [0.15, 0.2) is 54.9 Å². The SMILES string of the molecule is O=C(Nc1ccc(-c2ncn(-c3ccc(OC(F)(F)F)cc3)n2)cc1)N1CCSC1. The van der Waals surface area contributed by atoms with Crippen LogP contribution in [0.2, 0.25) is 0 Å². The highest BCUT2D eigenvalue weighted by molar-refractivity contribution is 7.99. The summed E-state index contributed by atoms with van der Waals surface area (Å²) in [6.07, 6.45) is -3.27. The molecule has 2 amide bonds. The number of benzene rings is 2. The van der Waals surface area contributed by atoms with Gasteiger partial charge in [-0.15, -0.1) is 30.0 Å². The van der Waals surface area contributed by atoms with Crippen LogP contribution in [-0.4, -0.2) is 50.2 Å². The molecule has 4 rings (SSSR count). The summed E-state index contributed by atoms with van der Waals surface area (Å²) >= 11 is 1.71. The number of amides is 2. The number of carbonyl (C=O) groups is 1. The molecule has 156 valence electrons. The lowest BCUT2D eigenvalue weighted by atomic mass is 10.2. The van der Waals surface area contributed by atoms with E-state index in [4.69, 9.17) is 0 Å². The molecule has 2 heterocycles. The van der Waals surface area contributed by atoms with Crippen molar-refractivity contribution >= 4 is 23.5 Å². The highest BCUT2D eigenvalue weighted by atomic mass is 32.2. The Bertz CT molecular complexity index is 1020. The Morgan fingerprint density at radius 2 is 1.83 bits per heavy atom. The van der Waals surface area contributed by atoms with Crippen LogP contribution in [0.3, 0.4) is 0 Å². The number of ether oxygens (including phenoxy) is 1. The maximum atomic E-state index is 12.3. The lowest BCUT2D eigenvalue weighted by Crippen LogP contribution is -2.32. The van der Waals surface area contributed by atoms with Crippen LogP contribution in [0.5, 0.6) is 5.75 Å². The number of carbonyl (C=O) groups excluding carboxylic acids is 1. The lowest BCUT2D eigenvalue weighted by molar-refractivity contribution is -0.274. The second kappa shape index (κ2) is 8.27. The zero-order chi connectivity index (χ0) is 21.1. The van der Waals surface area contributed by atoms with Crippen LogP contribution in [0.4, 0.5) is 23.7 Å². The molecule has 1 aliphatic rings. The molecule has 0 atom stereocenters. The molecule has 7 nitrogen and oxygen atoms in total. The molecule has 1 aromatic heterocycles. The fraction of sp³-hybridized carbons (Fsp3) is 0.211. The number of alkyl halides is 3. The molecule has 1 N–H and O–H groups in total. The number of urea groups is 1. The molecule has 0 unspecified atom stereocenters. The van der Waals surface area contributed by atoms with E-state index in [0.29, 0.717) is 23.1 Å². The minimum atomic E-state index is -4.74. The quantitative estimate of drug-likeness (QED) is 0.659. The largest absolute Gasteiger partial charge is 0.573 e. The number of thioether (sulfide) groups is 1. The van der Waals surface area contributed by atoms with E-state index in [1.54, 1.807) is 40.9 Å². The molecule has 1 saturated heterocycles. The summed E-state index contributed by atoms with van der Waals surface area (Å²) in [5.74, 6) is 1.77. The fourth-order valence-corrected chi connectivity index (χ4v) is 3.74. The second-order valence-corrected chi connectivity index (χ2v) is 7.44. The van der Waals surface area contributed by atoms with Crippen molar-refractivity contribution in [2.75, 3.05) is 23.5 Å². The summed E-state index contributed by atoms with van der Waals surface area (Å²) in [4.78, 5) is 18.1. The maximum absolute atomic E-state index is 12.3. The Morgan fingerprint density at radius 3 is 2.47 bits per heavy atom. The minimum absolute atomic E-state index is 0.131. The second-order valence-electron chi connectivity index (χ2n) is 6.36. The third-order valence-electron chi connectivity index (χ3n) is 4.26. The minimum Gasteiger partial charge on any atom is -0.406 e. The molecule has 0 saturated carbocycles. The summed E-state index contributed by atoms with van der Waals surface area (Å²) < 4.78 is 42.1. The first-order valence-corrected chi connectivity index (χ1v) is 10.0. The Morgan fingerprint density at radius 1 is 1.10 bits per heavy atom. The molecule has 0 bridgehead atoms. The van der Waals surface area contributed by atoms with Gasteiger partial charge in [0.25, 0.3) is 0 Å². The van der Waals surface area contributed by atoms with Gasteiger partial charge >= 0.3 is 12.4 Å². The Kier molecular flexibility index (Phi) is 5.53. The molecule has 11 heteroatoms. The van der Waals surface area contributed by atoms with E-state index in [2.05, 4.69) is 20.1 Å². The first-order valence-electron chi connectivity index (χ1n) is 8.89. The van der Waals surface area contributed by atoms with Crippen LogP contribution in [-0.2, 0) is 0 Å². The molecule has 1 fully saturated rings. The molecule has 1 aliphatic heterocycles. The van der Waals surface area contributed by atoms with Gasteiger partial charge in [-0.25, -0.2) is 14.5 Å². The summed E-state index contributed by atoms with van der Waals surface area (Å²) in [5, 5.41) is 7.20. The normalized spacial score (nSPS) is 14.0. The van der Waals surface area contributed by atoms with Crippen molar-refractivity contribution < 1.29 is 22.7 Å². The number of nitrogens with one attached hydrogen (secondary N) is 1. The van der Waals surface area contributed by atoms with Gasteiger partial charge in [0.05, 0.1) is 11.6 Å². The third kappa shape index (κ3) is 4.85. The maximum Gasteiger partial charge on any atom is 0.573 e. The molecule has 30 heavy (non-hydrogen) atoms. The van der Waals surface area contributed by atoms with Crippen molar-refractivity contribution in [3.05, 3.63) is 54.9 Å². The summed E-state index contributed by atoms with van der Waals surface area (Å²) in [6, 6.07) is 12.3. The molecule has 2 aromatic carbocycles. The van der Waals surface area contributed by atoms with Gasteiger partial charge in [-0.3, -0.25) is 0 Å². The van der Waals surface area contributed by atoms with Gasteiger partial charge in [0.2, 0.25) is 0 Å². The zero-order valence-corrected chi connectivity index (χ0v) is 16.3. The summed E-state index contributed by atoms with van der Waals surface area (Å²) in [7, 11) is 0. The summed E-state index contributed by atoms with van der Waals surface area (Å²) in [6.45, 7) is 0.735. The van der Waals surface area contributed by atoms with Crippen LogP contribution in [0, 0.1) is 0 Å². The van der Waals surface area contributed by atoms with Gasteiger partial charge < -0.3 is 15.0 Å². The number of nitrogens with zero attached hydrogens (tertiary/aromatic N) is 4. The highest BCUT2D eigenvalue weighted by Crippen LogP contribution is 2.24. The Balaban J connectivity index is 1.42. The van der Waals surface area contributed by atoms with E-state index < -0.39 is 6.36 Å². The van der Waals surface area contributed by atoms with Gasteiger partial charge in [0, 0.05) is 23.5 Å². The predicted molar refractivity (Wildman–Crippen MR) is 107 cm³/mol. The molecular formula is C19H16F3N5O2S. The van der Waals surface area contributed by atoms with Gasteiger partial charge in [-0.2, -0.15) is 0 Å². The summed E-state index contributed by atoms with van der Waals surface area (Å²) in [5.41, 5.74) is 1.94. The zero-order valence-electron chi connectivity index (χ0n) is 15.5. The van der Waals surface area contributed by atoms with Crippen molar-refractivity contribution in [3.8, 4) is 22.8 Å². The molecular weight excluding hydrogens is 419 g/mol. The first-order chi connectivity index (χ1) is 14.4. The number of aromatic nitrogens is 3. The van der Waals surface area contributed by atoms with E-state index in [1.165, 1.54) is 35.3 Å². The van der Waals surface area contributed by atoms with Crippen LogP contribution < -0.4 is 10.1 Å². The van der Waals surface area contributed by atoms with E-state index in [1.807, 2.05) is 0 Å². The molecule has 0 aliphatic carbocycles. The lowest BCUT2D eigenvalue weighted by Gasteiger charge is -2.15. The van der Waals surface area contributed by atoms with Gasteiger partial charge in [0.1, 0.15) is 12.1 Å². The Labute approximate surface area is 173 Å². The number of hydrogen-bond donors (Lipinski definition) is 1. The van der Waals surface area contributed by atoms with E-state index in [9.17, 15) is 18.0 Å². The van der Waals surface area contributed by atoms with Crippen LogP contribution >= 0.6 is 11.8 Å². The van der Waals surface area contributed by atoms with Crippen molar-refractivity contribution in [2.45, 2.75) is 6.36 Å². The van der Waals surface area contributed by atoms with E-state index in [0.717, 1.165) is 17.9 Å². The Hall–Kier alpha value is -3.21. The van der Waals surface area contributed by atoms with Gasteiger partial charge in [-0.05, 0) is 48.5 Å². The molecule has 0 spiro atoms. The van der Waals surface area contributed by atoms with Crippen LogP contribution in [0.25, 0.3) is 17.1 Å². The molecule has 0 radical (unpaired) electrons. The van der Waals surface area contributed by atoms with Crippen molar-refractivity contribution in [1.82, 2.24) is 19.7 Å². The fourth-order valence-electron chi connectivity index (χ4n) is 2.80. The highest BCUT2D eigenvalue weighted by Gasteiger charge is 2.31. The number of halogens is 3. The predicted octanol–water partition coefficient (Wildman–Crippen LogP) is 4.37. The van der Waals surface area contributed by atoms with E-state index in [-0.39, 0.29) is 11.8 Å².